The fourth-order valence-electron chi connectivity index (χ4n) is 1.89. The van der Waals surface area contributed by atoms with Gasteiger partial charge in [0.05, 0.1) is 12.8 Å². The lowest BCUT2D eigenvalue weighted by Crippen LogP contribution is -2.12. The van der Waals surface area contributed by atoms with Crippen LogP contribution in [0.25, 0.3) is 11.3 Å². The molecular weight excluding hydrogens is 238 g/mol. The molecule has 0 aliphatic carbocycles. The number of aryl methyl sites for hydroxylation is 1. The largest absolute Gasteiger partial charge is 0.496 e. The number of rotatable bonds is 4. The van der Waals surface area contributed by atoms with Crippen LogP contribution in [0.3, 0.4) is 0 Å². The molecule has 0 spiro atoms. The molecule has 0 radical (unpaired) electrons. The lowest BCUT2D eigenvalue weighted by Gasteiger charge is -2.11. The Morgan fingerprint density at radius 2 is 2.11 bits per heavy atom. The first-order valence-corrected chi connectivity index (χ1v) is 6.33. The molecule has 2 rings (SSSR count). The van der Waals surface area contributed by atoms with E-state index in [1.807, 2.05) is 32.0 Å². The van der Waals surface area contributed by atoms with Crippen molar-refractivity contribution < 1.29 is 4.74 Å². The second-order valence-corrected chi connectivity index (χ2v) is 4.64. The minimum absolute atomic E-state index is 0.149. The van der Waals surface area contributed by atoms with E-state index in [9.17, 15) is 0 Å². The summed E-state index contributed by atoms with van der Waals surface area (Å²) in [6.07, 6.45) is 1.77. The van der Waals surface area contributed by atoms with Crippen LogP contribution in [0, 0.1) is 6.92 Å². The molecule has 4 heteroatoms. The van der Waals surface area contributed by atoms with Gasteiger partial charge in [0, 0.05) is 24.2 Å². The van der Waals surface area contributed by atoms with Gasteiger partial charge in [0.25, 0.3) is 0 Å². The van der Waals surface area contributed by atoms with Crippen LogP contribution in [0.5, 0.6) is 5.75 Å². The number of methoxy groups -OCH3 is 1. The molecule has 0 aliphatic heterocycles. The van der Waals surface area contributed by atoms with Crippen LogP contribution in [0.1, 0.15) is 24.2 Å². The zero-order chi connectivity index (χ0) is 13.8. The number of nitrogens with zero attached hydrogens (tertiary/aromatic N) is 2. The first kappa shape index (κ1) is 13.5. The predicted molar refractivity (Wildman–Crippen MR) is 76.2 cm³/mol. The Kier molecular flexibility index (Phi) is 4.12. The third kappa shape index (κ3) is 2.90. The third-order valence-corrected chi connectivity index (χ3v) is 3.10. The Balaban J connectivity index is 2.49. The number of aromatic nitrogens is 2. The van der Waals surface area contributed by atoms with E-state index in [-0.39, 0.29) is 5.92 Å². The second-order valence-electron chi connectivity index (χ2n) is 4.64. The third-order valence-electron chi connectivity index (χ3n) is 3.10. The Hall–Kier alpha value is -1.94. The van der Waals surface area contributed by atoms with Gasteiger partial charge in [0.2, 0.25) is 0 Å². The molecule has 0 saturated carbocycles. The smallest absolute Gasteiger partial charge is 0.133 e. The minimum atomic E-state index is 0.149. The van der Waals surface area contributed by atoms with Gasteiger partial charge < -0.3 is 10.5 Å². The molecule has 0 saturated heterocycles. The summed E-state index contributed by atoms with van der Waals surface area (Å²) < 4.78 is 5.40. The van der Waals surface area contributed by atoms with Crippen LogP contribution in [0.4, 0.5) is 0 Å². The van der Waals surface area contributed by atoms with Crippen LogP contribution in [-0.4, -0.2) is 23.6 Å². The summed E-state index contributed by atoms with van der Waals surface area (Å²) in [5.41, 5.74) is 8.69. The molecule has 1 heterocycles. The number of ether oxygens (including phenoxy) is 1. The molecular formula is C15H19N3O. The highest BCUT2D eigenvalue weighted by Crippen LogP contribution is 2.29. The molecule has 2 aromatic rings. The maximum atomic E-state index is 5.67. The Morgan fingerprint density at radius 1 is 1.32 bits per heavy atom. The molecule has 2 N–H and O–H groups in total. The summed E-state index contributed by atoms with van der Waals surface area (Å²) in [7, 11) is 1.67. The maximum Gasteiger partial charge on any atom is 0.133 e. The van der Waals surface area contributed by atoms with Crippen LogP contribution in [-0.2, 0) is 0 Å². The highest BCUT2D eigenvalue weighted by atomic mass is 16.5. The molecule has 100 valence electrons. The SMILES string of the molecule is COc1ccc(C)cc1-c1ccnc(C(C)CN)n1. The van der Waals surface area contributed by atoms with E-state index < -0.39 is 0 Å². The lowest BCUT2D eigenvalue weighted by atomic mass is 10.1. The van der Waals surface area contributed by atoms with E-state index in [1.54, 1.807) is 13.3 Å². The summed E-state index contributed by atoms with van der Waals surface area (Å²) in [6, 6.07) is 7.94. The molecule has 0 bridgehead atoms. The van der Waals surface area contributed by atoms with E-state index in [4.69, 9.17) is 10.5 Å². The molecule has 1 atom stereocenters. The van der Waals surface area contributed by atoms with Crippen molar-refractivity contribution in [2.45, 2.75) is 19.8 Å². The fourth-order valence-corrected chi connectivity index (χ4v) is 1.89. The van der Waals surface area contributed by atoms with E-state index in [0.717, 1.165) is 22.8 Å². The topological polar surface area (TPSA) is 61.0 Å². The van der Waals surface area contributed by atoms with E-state index in [0.29, 0.717) is 6.54 Å². The van der Waals surface area contributed by atoms with Crippen LogP contribution in [0.2, 0.25) is 0 Å². The second kappa shape index (κ2) is 5.80. The van der Waals surface area contributed by atoms with Gasteiger partial charge in [0.1, 0.15) is 11.6 Å². The Labute approximate surface area is 113 Å². The molecule has 4 nitrogen and oxygen atoms in total. The van der Waals surface area contributed by atoms with Crippen molar-refractivity contribution in [1.82, 2.24) is 9.97 Å². The zero-order valence-corrected chi connectivity index (χ0v) is 11.6. The first-order valence-electron chi connectivity index (χ1n) is 6.33. The molecule has 1 aromatic heterocycles. The van der Waals surface area contributed by atoms with Crippen molar-refractivity contribution in [3.05, 3.63) is 41.9 Å². The molecule has 1 unspecified atom stereocenters. The average molecular weight is 257 g/mol. The average Bonchev–Trinajstić information content (AvgIpc) is 2.46. The van der Waals surface area contributed by atoms with Gasteiger partial charge in [-0.2, -0.15) is 0 Å². The summed E-state index contributed by atoms with van der Waals surface area (Å²) >= 11 is 0. The minimum Gasteiger partial charge on any atom is -0.496 e. The van der Waals surface area contributed by atoms with Gasteiger partial charge in [0.15, 0.2) is 0 Å². The lowest BCUT2D eigenvalue weighted by molar-refractivity contribution is 0.416. The quantitative estimate of drug-likeness (QED) is 0.914. The zero-order valence-electron chi connectivity index (χ0n) is 11.6. The van der Waals surface area contributed by atoms with Gasteiger partial charge >= 0.3 is 0 Å². The molecule has 1 aromatic carbocycles. The van der Waals surface area contributed by atoms with Crippen molar-refractivity contribution in [3.8, 4) is 17.0 Å². The Bertz CT molecular complexity index is 569. The van der Waals surface area contributed by atoms with E-state index >= 15 is 0 Å². The summed E-state index contributed by atoms with van der Waals surface area (Å²) in [5.74, 6) is 1.73. The van der Waals surface area contributed by atoms with E-state index in [1.165, 1.54) is 5.56 Å². The van der Waals surface area contributed by atoms with Gasteiger partial charge in [-0.3, -0.25) is 0 Å². The van der Waals surface area contributed by atoms with Gasteiger partial charge in [-0.1, -0.05) is 18.6 Å². The van der Waals surface area contributed by atoms with Crippen molar-refractivity contribution in [2.24, 2.45) is 5.73 Å². The molecule has 0 fully saturated rings. The standard InChI is InChI=1S/C15H19N3O/c1-10-4-5-14(19-3)12(8-10)13-6-7-17-15(18-13)11(2)9-16/h4-8,11H,9,16H2,1-3H3. The highest BCUT2D eigenvalue weighted by Gasteiger charge is 2.11. The molecule has 19 heavy (non-hydrogen) atoms. The fraction of sp³-hybridized carbons (Fsp3) is 0.333. The van der Waals surface area contributed by atoms with Crippen molar-refractivity contribution in [3.63, 3.8) is 0 Å². The van der Waals surface area contributed by atoms with Gasteiger partial charge in [-0.25, -0.2) is 9.97 Å². The Morgan fingerprint density at radius 3 is 2.79 bits per heavy atom. The normalized spacial score (nSPS) is 12.2. The number of hydrogen-bond donors (Lipinski definition) is 1. The van der Waals surface area contributed by atoms with Crippen LogP contribution < -0.4 is 10.5 Å². The van der Waals surface area contributed by atoms with Gasteiger partial charge in [-0.05, 0) is 25.1 Å². The van der Waals surface area contributed by atoms with Crippen molar-refractivity contribution >= 4 is 0 Å². The molecule has 0 aliphatic rings. The number of benzene rings is 1. The summed E-state index contributed by atoms with van der Waals surface area (Å²) in [5, 5.41) is 0. The molecule has 0 amide bonds. The number of hydrogen-bond acceptors (Lipinski definition) is 4. The maximum absolute atomic E-state index is 5.67. The summed E-state index contributed by atoms with van der Waals surface area (Å²) in [6.45, 7) is 4.61. The highest BCUT2D eigenvalue weighted by molar-refractivity contribution is 5.67. The number of nitrogens with two attached hydrogens (primary N) is 1. The van der Waals surface area contributed by atoms with E-state index in [2.05, 4.69) is 16.0 Å². The van der Waals surface area contributed by atoms with Gasteiger partial charge in [-0.15, -0.1) is 0 Å². The predicted octanol–water partition coefficient (Wildman–Crippen LogP) is 2.52. The van der Waals surface area contributed by atoms with Crippen LogP contribution in [0.15, 0.2) is 30.5 Å². The monoisotopic (exact) mass is 257 g/mol. The van der Waals surface area contributed by atoms with Crippen molar-refractivity contribution in [2.75, 3.05) is 13.7 Å². The first-order chi connectivity index (χ1) is 9.15. The van der Waals surface area contributed by atoms with Crippen LogP contribution >= 0.6 is 0 Å². The summed E-state index contributed by atoms with van der Waals surface area (Å²) in [4.78, 5) is 8.87. The van der Waals surface area contributed by atoms with Crippen molar-refractivity contribution in [1.29, 1.82) is 0 Å².